The molecule has 0 spiro atoms. The summed E-state index contributed by atoms with van der Waals surface area (Å²) in [5.41, 5.74) is 0.907. The normalized spacial score (nSPS) is 21.7. The molecule has 2 aromatic heterocycles. The average molecular weight is 344 g/mol. The number of ether oxygens (including phenoxy) is 3. The summed E-state index contributed by atoms with van der Waals surface area (Å²) in [5.74, 6) is 2.04. The van der Waals surface area contributed by atoms with Gasteiger partial charge in [-0.15, -0.1) is 0 Å². The lowest BCUT2D eigenvalue weighted by atomic mass is 10.00. The number of aromatic nitrogens is 4. The Bertz CT molecular complexity index is 664. The average Bonchev–Trinajstić information content (AvgIpc) is 3.33. The highest BCUT2D eigenvalue weighted by molar-refractivity contribution is 5.28. The van der Waals surface area contributed by atoms with Crippen molar-refractivity contribution in [2.24, 2.45) is 0 Å². The summed E-state index contributed by atoms with van der Waals surface area (Å²) in [5, 5.41) is 4.75. The second kappa shape index (κ2) is 8.03. The standard InChI is InChI=1S/C18H24N4O3/c1-3-15(11-19-7-1)22-17(13-24-12-16-4-2-8-25-16)20-18(21-22)14-5-9-23-10-6-14/h1,3,7,11,14,16H,2,4-6,8-10,12-13H2/t16-/m1/s1. The quantitative estimate of drug-likeness (QED) is 0.800. The van der Waals surface area contributed by atoms with Crippen molar-refractivity contribution in [3.63, 3.8) is 0 Å². The van der Waals surface area contributed by atoms with E-state index in [0.29, 0.717) is 19.1 Å². The highest BCUT2D eigenvalue weighted by atomic mass is 16.5. The summed E-state index contributed by atoms with van der Waals surface area (Å²) in [4.78, 5) is 8.97. The molecule has 134 valence electrons. The third kappa shape index (κ3) is 4.05. The van der Waals surface area contributed by atoms with E-state index >= 15 is 0 Å². The molecule has 0 radical (unpaired) electrons. The molecule has 7 nitrogen and oxygen atoms in total. The Morgan fingerprint density at radius 1 is 1.20 bits per heavy atom. The molecule has 2 aromatic rings. The number of rotatable bonds is 6. The maximum atomic E-state index is 5.87. The summed E-state index contributed by atoms with van der Waals surface area (Å²) >= 11 is 0. The zero-order chi connectivity index (χ0) is 16.9. The number of pyridine rings is 1. The van der Waals surface area contributed by atoms with Crippen LogP contribution in [0.1, 0.15) is 43.3 Å². The second-order valence-electron chi connectivity index (χ2n) is 6.55. The van der Waals surface area contributed by atoms with E-state index in [0.717, 1.165) is 62.8 Å². The first-order chi connectivity index (χ1) is 12.4. The van der Waals surface area contributed by atoms with Crippen LogP contribution < -0.4 is 0 Å². The van der Waals surface area contributed by atoms with E-state index in [9.17, 15) is 0 Å². The Balaban J connectivity index is 1.51. The molecule has 0 N–H and O–H groups in total. The van der Waals surface area contributed by atoms with E-state index in [1.54, 1.807) is 12.4 Å². The molecule has 0 unspecified atom stereocenters. The Kier molecular flexibility index (Phi) is 5.34. The molecule has 2 aliphatic heterocycles. The van der Waals surface area contributed by atoms with Crippen molar-refractivity contribution >= 4 is 0 Å². The van der Waals surface area contributed by atoms with E-state index in [1.807, 2.05) is 16.8 Å². The lowest BCUT2D eigenvalue weighted by Gasteiger charge is -2.18. The molecule has 0 aromatic carbocycles. The van der Waals surface area contributed by atoms with Crippen LogP contribution in [0.5, 0.6) is 0 Å². The molecular formula is C18H24N4O3. The van der Waals surface area contributed by atoms with Crippen LogP contribution in [-0.4, -0.2) is 52.3 Å². The molecule has 2 aliphatic rings. The third-order valence-corrected chi connectivity index (χ3v) is 4.73. The zero-order valence-electron chi connectivity index (χ0n) is 14.3. The van der Waals surface area contributed by atoms with Gasteiger partial charge in [-0.3, -0.25) is 4.98 Å². The highest BCUT2D eigenvalue weighted by Crippen LogP contribution is 2.25. The Morgan fingerprint density at radius 2 is 2.12 bits per heavy atom. The van der Waals surface area contributed by atoms with Crippen LogP contribution in [0.25, 0.3) is 5.69 Å². The summed E-state index contributed by atoms with van der Waals surface area (Å²) in [6.45, 7) is 3.42. The van der Waals surface area contributed by atoms with E-state index in [-0.39, 0.29) is 6.10 Å². The Hall–Kier alpha value is -1.83. The van der Waals surface area contributed by atoms with Crippen LogP contribution in [0, 0.1) is 0 Å². The minimum atomic E-state index is 0.213. The summed E-state index contributed by atoms with van der Waals surface area (Å²) in [6.07, 6.45) is 7.89. The predicted octanol–water partition coefficient (Wildman–Crippen LogP) is 2.25. The fraction of sp³-hybridized carbons (Fsp3) is 0.611. The Morgan fingerprint density at radius 3 is 2.88 bits per heavy atom. The van der Waals surface area contributed by atoms with Gasteiger partial charge in [-0.05, 0) is 37.8 Å². The molecule has 1 atom stereocenters. The smallest absolute Gasteiger partial charge is 0.158 e. The van der Waals surface area contributed by atoms with Crippen LogP contribution in [0.4, 0.5) is 0 Å². The third-order valence-electron chi connectivity index (χ3n) is 4.73. The van der Waals surface area contributed by atoms with Crippen molar-refractivity contribution in [3.05, 3.63) is 36.2 Å². The molecular weight excluding hydrogens is 320 g/mol. The monoisotopic (exact) mass is 344 g/mol. The van der Waals surface area contributed by atoms with Gasteiger partial charge < -0.3 is 14.2 Å². The molecule has 0 aliphatic carbocycles. The highest BCUT2D eigenvalue weighted by Gasteiger charge is 2.23. The number of nitrogens with zero attached hydrogens (tertiary/aromatic N) is 4. The molecule has 2 saturated heterocycles. The van der Waals surface area contributed by atoms with Gasteiger partial charge in [-0.2, -0.15) is 5.10 Å². The van der Waals surface area contributed by atoms with Gasteiger partial charge in [-0.1, -0.05) is 0 Å². The topological polar surface area (TPSA) is 71.3 Å². The first-order valence-electron chi connectivity index (χ1n) is 9.03. The largest absolute Gasteiger partial charge is 0.381 e. The van der Waals surface area contributed by atoms with E-state index in [1.165, 1.54) is 0 Å². The van der Waals surface area contributed by atoms with Gasteiger partial charge >= 0.3 is 0 Å². The van der Waals surface area contributed by atoms with Crippen molar-refractivity contribution in [2.75, 3.05) is 26.4 Å². The maximum Gasteiger partial charge on any atom is 0.158 e. The number of hydrogen-bond donors (Lipinski definition) is 0. The van der Waals surface area contributed by atoms with Crippen LogP contribution >= 0.6 is 0 Å². The van der Waals surface area contributed by atoms with Crippen molar-refractivity contribution in [1.29, 1.82) is 0 Å². The first-order valence-corrected chi connectivity index (χ1v) is 9.03. The number of hydrogen-bond acceptors (Lipinski definition) is 6. The fourth-order valence-electron chi connectivity index (χ4n) is 3.33. The Labute approximate surface area is 147 Å². The van der Waals surface area contributed by atoms with Crippen LogP contribution in [0.3, 0.4) is 0 Å². The van der Waals surface area contributed by atoms with Crippen LogP contribution in [0.2, 0.25) is 0 Å². The van der Waals surface area contributed by atoms with Crippen LogP contribution in [0.15, 0.2) is 24.5 Å². The minimum absolute atomic E-state index is 0.213. The SMILES string of the molecule is c1cncc(-n2nc(C3CCOCC3)nc2COC[C@H]2CCCO2)c1. The molecule has 4 rings (SSSR count). The van der Waals surface area contributed by atoms with E-state index in [4.69, 9.17) is 24.3 Å². The molecule has 0 amide bonds. The molecule has 7 heteroatoms. The van der Waals surface area contributed by atoms with E-state index in [2.05, 4.69) is 4.98 Å². The van der Waals surface area contributed by atoms with Crippen molar-refractivity contribution < 1.29 is 14.2 Å². The maximum absolute atomic E-state index is 5.87. The van der Waals surface area contributed by atoms with E-state index < -0.39 is 0 Å². The molecule has 2 fully saturated rings. The molecule has 0 saturated carbocycles. The molecule has 0 bridgehead atoms. The van der Waals surface area contributed by atoms with Crippen molar-refractivity contribution in [3.8, 4) is 5.69 Å². The summed E-state index contributed by atoms with van der Waals surface area (Å²) < 4.78 is 18.8. The van der Waals surface area contributed by atoms with Crippen molar-refractivity contribution in [1.82, 2.24) is 19.7 Å². The zero-order valence-corrected chi connectivity index (χ0v) is 14.3. The van der Waals surface area contributed by atoms with Gasteiger partial charge in [-0.25, -0.2) is 9.67 Å². The second-order valence-corrected chi connectivity index (χ2v) is 6.55. The first kappa shape index (κ1) is 16.6. The van der Waals surface area contributed by atoms with Gasteiger partial charge in [0.25, 0.3) is 0 Å². The van der Waals surface area contributed by atoms with Gasteiger partial charge in [0.15, 0.2) is 11.6 Å². The lowest BCUT2D eigenvalue weighted by Crippen LogP contribution is -2.15. The fourth-order valence-corrected chi connectivity index (χ4v) is 3.33. The predicted molar refractivity (Wildman–Crippen MR) is 90.6 cm³/mol. The molecule has 4 heterocycles. The lowest BCUT2D eigenvalue weighted by molar-refractivity contribution is 0.00814. The molecule has 25 heavy (non-hydrogen) atoms. The minimum Gasteiger partial charge on any atom is -0.381 e. The van der Waals surface area contributed by atoms with Gasteiger partial charge in [0.05, 0.1) is 24.6 Å². The summed E-state index contributed by atoms with van der Waals surface area (Å²) in [7, 11) is 0. The van der Waals surface area contributed by atoms with Gasteiger partial charge in [0, 0.05) is 31.9 Å². The van der Waals surface area contributed by atoms with Gasteiger partial charge in [0.2, 0.25) is 0 Å². The van der Waals surface area contributed by atoms with Crippen molar-refractivity contribution in [2.45, 2.75) is 44.3 Å². The van der Waals surface area contributed by atoms with Crippen LogP contribution in [-0.2, 0) is 20.8 Å². The summed E-state index contributed by atoms with van der Waals surface area (Å²) in [6, 6.07) is 3.89. The van der Waals surface area contributed by atoms with Gasteiger partial charge in [0.1, 0.15) is 6.61 Å².